The summed E-state index contributed by atoms with van der Waals surface area (Å²) in [6, 6.07) is 1.53. The van der Waals surface area contributed by atoms with Crippen molar-refractivity contribution in [1.29, 1.82) is 0 Å². The molecule has 0 spiro atoms. The average Bonchev–Trinajstić information content (AvgIpc) is 2.71. The van der Waals surface area contributed by atoms with E-state index in [0.29, 0.717) is 18.3 Å². The van der Waals surface area contributed by atoms with E-state index in [1.165, 1.54) is 6.26 Å². The third kappa shape index (κ3) is 3.80. The fourth-order valence-electron chi connectivity index (χ4n) is 2.62. The summed E-state index contributed by atoms with van der Waals surface area (Å²) in [6.45, 7) is 3.41. The van der Waals surface area contributed by atoms with Crippen LogP contribution in [-0.2, 0) is 10.0 Å². The van der Waals surface area contributed by atoms with Gasteiger partial charge in [0.15, 0.2) is 0 Å². The maximum atomic E-state index is 11.5. The zero-order valence-electron chi connectivity index (χ0n) is 11.8. The minimum absolute atomic E-state index is 0.102. The standard InChI is InChI=1S/C12H21N5O2S/c1-3-4-9-7-17(8-10(9)16-20(2,18)19)12-14-6-5-11(13)15-12/h5-6,9-10,16H,3-4,7-8H2,1-2H3,(H2,13,14,15)/t9-,10-/m1/s1. The van der Waals surface area contributed by atoms with Gasteiger partial charge in [-0.15, -0.1) is 0 Å². The van der Waals surface area contributed by atoms with Gasteiger partial charge in [0.25, 0.3) is 0 Å². The van der Waals surface area contributed by atoms with E-state index >= 15 is 0 Å². The fourth-order valence-corrected chi connectivity index (χ4v) is 3.44. The molecule has 20 heavy (non-hydrogen) atoms. The molecule has 2 heterocycles. The van der Waals surface area contributed by atoms with Crippen LogP contribution in [0.25, 0.3) is 0 Å². The van der Waals surface area contributed by atoms with E-state index in [0.717, 1.165) is 19.4 Å². The largest absolute Gasteiger partial charge is 0.384 e. The van der Waals surface area contributed by atoms with Gasteiger partial charge < -0.3 is 10.6 Å². The number of hydrogen-bond acceptors (Lipinski definition) is 6. The highest BCUT2D eigenvalue weighted by molar-refractivity contribution is 7.88. The summed E-state index contributed by atoms with van der Waals surface area (Å²) in [5.74, 6) is 1.24. The van der Waals surface area contributed by atoms with Crippen molar-refractivity contribution in [3.8, 4) is 0 Å². The Hall–Kier alpha value is -1.41. The zero-order chi connectivity index (χ0) is 14.8. The molecule has 1 aliphatic heterocycles. The molecule has 1 fully saturated rings. The first kappa shape index (κ1) is 15.0. The summed E-state index contributed by atoms with van der Waals surface area (Å²) < 4.78 is 25.6. The van der Waals surface area contributed by atoms with E-state index in [1.807, 2.05) is 4.90 Å². The van der Waals surface area contributed by atoms with Gasteiger partial charge in [0.2, 0.25) is 16.0 Å². The molecule has 1 aliphatic rings. The van der Waals surface area contributed by atoms with Gasteiger partial charge in [-0.2, -0.15) is 4.98 Å². The van der Waals surface area contributed by atoms with E-state index in [4.69, 9.17) is 5.73 Å². The molecule has 8 heteroatoms. The topological polar surface area (TPSA) is 101 Å². The first-order valence-corrected chi connectivity index (χ1v) is 8.59. The van der Waals surface area contributed by atoms with Crippen LogP contribution in [-0.4, -0.2) is 43.8 Å². The number of aromatic nitrogens is 2. The highest BCUT2D eigenvalue weighted by Crippen LogP contribution is 2.25. The predicted molar refractivity (Wildman–Crippen MR) is 78.8 cm³/mol. The van der Waals surface area contributed by atoms with E-state index in [9.17, 15) is 8.42 Å². The van der Waals surface area contributed by atoms with Gasteiger partial charge in [-0.25, -0.2) is 18.1 Å². The molecule has 3 N–H and O–H groups in total. The van der Waals surface area contributed by atoms with Gasteiger partial charge in [0, 0.05) is 25.3 Å². The molecule has 1 saturated heterocycles. The van der Waals surface area contributed by atoms with E-state index in [2.05, 4.69) is 21.6 Å². The van der Waals surface area contributed by atoms with Crippen LogP contribution in [0.1, 0.15) is 19.8 Å². The van der Waals surface area contributed by atoms with Crippen LogP contribution < -0.4 is 15.4 Å². The molecule has 1 aromatic rings. The third-order valence-electron chi connectivity index (χ3n) is 3.41. The number of nitrogen functional groups attached to an aromatic ring is 1. The van der Waals surface area contributed by atoms with Crippen molar-refractivity contribution in [2.24, 2.45) is 5.92 Å². The Labute approximate surface area is 119 Å². The summed E-state index contributed by atoms with van der Waals surface area (Å²) in [4.78, 5) is 10.4. The molecule has 2 rings (SSSR count). The summed E-state index contributed by atoms with van der Waals surface area (Å²) in [7, 11) is -3.21. The molecule has 1 aromatic heterocycles. The highest BCUT2D eigenvalue weighted by Gasteiger charge is 2.34. The Bertz CT molecular complexity index is 563. The molecule has 0 amide bonds. The van der Waals surface area contributed by atoms with Crippen molar-refractivity contribution in [2.45, 2.75) is 25.8 Å². The van der Waals surface area contributed by atoms with Crippen molar-refractivity contribution >= 4 is 21.8 Å². The Balaban J connectivity index is 2.15. The molecule has 0 aliphatic carbocycles. The van der Waals surface area contributed by atoms with E-state index in [1.54, 1.807) is 12.3 Å². The Morgan fingerprint density at radius 2 is 2.25 bits per heavy atom. The summed E-state index contributed by atoms with van der Waals surface area (Å²) >= 11 is 0. The maximum Gasteiger partial charge on any atom is 0.227 e. The second-order valence-electron chi connectivity index (χ2n) is 5.23. The average molecular weight is 299 g/mol. The monoisotopic (exact) mass is 299 g/mol. The number of anilines is 2. The van der Waals surface area contributed by atoms with Crippen LogP contribution >= 0.6 is 0 Å². The molecule has 0 radical (unpaired) electrons. The molecule has 0 aromatic carbocycles. The quantitative estimate of drug-likeness (QED) is 0.806. The minimum Gasteiger partial charge on any atom is -0.384 e. The molecule has 2 atom stereocenters. The number of rotatable bonds is 5. The number of sulfonamides is 1. The lowest BCUT2D eigenvalue weighted by Gasteiger charge is -2.17. The first-order chi connectivity index (χ1) is 9.39. The lowest BCUT2D eigenvalue weighted by atomic mass is 9.99. The van der Waals surface area contributed by atoms with Crippen molar-refractivity contribution < 1.29 is 8.42 Å². The fraction of sp³-hybridized carbons (Fsp3) is 0.667. The van der Waals surface area contributed by atoms with Gasteiger partial charge in [-0.05, 0) is 18.4 Å². The molecule has 0 saturated carbocycles. The van der Waals surface area contributed by atoms with Crippen LogP contribution in [0.15, 0.2) is 12.3 Å². The predicted octanol–water partition coefficient (Wildman–Crippen LogP) is 0.213. The molecular formula is C12H21N5O2S. The number of hydrogen-bond donors (Lipinski definition) is 2. The lowest BCUT2D eigenvalue weighted by Crippen LogP contribution is -2.40. The molecule has 7 nitrogen and oxygen atoms in total. The SMILES string of the molecule is CCC[C@@H]1CN(c2nccc(N)n2)C[C@H]1NS(C)(=O)=O. The number of nitrogens with two attached hydrogens (primary N) is 1. The summed E-state index contributed by atoms with van der Waals surface area (Å²) in [6.07, 6.45) is 4.78. The smallest absolute Gasteiger partial charge is 0.227 e. The molecule has 0 bridgehead atoms. The van der Waals surface area contributed by atoms with Crippen molar-refractivity contribution in [3.05, 3.63) is 12.3 Å². The van der Waals surface area contributed by atoms with Crippen LogP contribution in [0, 0.1) is 5.92 Å². The van der Waals surface area contributed by atoms with Crippen LogP contribution in [0.3, 0.4) is 0 Å². The van der Waals surface area contributed by atoms with Gasteiger partial charge in [-0.3, -0.25) is 0 Å². The summed E-state index contributed by atoms with van der Waals surface area (Å²) in [5, 5.41) is 0. The minimum atomic E-state index is -3.21. The number of nitrogens with zero attached hydrogens (tertiary/aromatic N) is 3. The first-order valence-electron chi connectivity index (χ1n) is 6.70. The second-order valence-corrected chi connectivity index (χ2v) is 7.01. The Morgan fingerprint density at radius 1 is 1.50 bits per heavy atom. The van der Waals surface area contributed by atoms with Gasteiger partial charge >= 0.3 is 0 Å². The maximum absolute atomic E-state index is 11.5. The summed E-state index contributed by atoms with van der Waals surface area (Å²) in [5.41, 5.74) is 5.67. The normalized spacial score (nSPS) is 23.2. The van der Waals surface area contributed by atoms with Crippen molar-refractivity contribution in [3.63, 3.8) is 0 Å². The third-order valence-corrected chi connectivity index (χ3v) is 4.14. The molecule has 0 unspecified atom stereocenters. The number of nitrogens with one attached hydrogen (secondary N) is 1. The Morgan fingerprint density at radius 3 is 2.85 bits per heavy atom. The lowest BCUT2D eigenvalue weighted by molar-refractivity contribution is 0.442. The van der Waals surface area contributed by atoms with Crippen LogP contribution in [0.2, 0.25) is 0 Å². The van der Waals surface area contributed by atoms with Crippen molar-refractivity contribution in [1.82, 2.24) is 14.7 Å². The highest BCUT2D eigenvalue weighted by atomic mass is 32.2. The van der Waals surface area contributed by atoms with E-state index in [-0.39, 0.29) is 12.0 Å². The van der Waals surface area contributed by atoms with Gasteiger partial charge in [-0.1, -0.05) is 13.3 Å². The second kappa shape index (κ2) is 5.92. The van der Waals surface area contributed by atoms with Gasteiger partial charge in [0.1, 0.15) is 5.82 Å². The molecular weight excluding hydrogens is 278 g/mol. The molecule has 112 valence electrons. The van der Waals surface area contributed by atoms with Crippen molar-refractivity contribution in [2.75, 3.05) is 30.0 Å². The van der Waals surface area contributed by atoms with E-state index < -0.39 is 10.0 Å². The van der Waals surface area contributed by atoms with Gasteiger partial charge in [0.05, 0.1) is 6.26 Å². The Kier molecular flexibility index (Phi) is 4.44. The zero-order valence-corrected chi connectivity index (χ0v) is 12.6. The van der Waals surface area contributed by atoms with Crippen LogP contribution in [0.4, 0.5) is 11.8 Å². The van der Waals surface area contributed by atoms with Crippen LogP contribution in [0.5, 0.6) is 0 Å².